The summed E-state index contributed by atoms with van der Waals surface area (Å²) in [5.41, 5.74) is 1.63. The third-order valence-electron chi connectivity index (χ3n) is 3.15. The van der Waals surface area contributed by atoms with Crippen molar-refractivity contribution in [1.82, 2.24) is 10.2 Å². The maximum absolute atomic E-state index is 12.2. The number of methoxy groups -OCH3 is 1. The molecule has 5 nitrogen and oxygen atoms in total. The lowest BCUT2D eigenvalue weighted by Gasteiger charge is -2.00. The number of nitrogens with zero attached hydrogens (tertiary/aromatic N) is 2. The van der Waals surface area contributed by atoms with Crippen LogP contribution in [0.3, 0.4) is 0 Å². The molecule has 0 unspecified atom stereocenters. The Balaban J connectivity index is 1.65. The van der Waals surface area contributed by atoms with Crippen LogP contribution >= 0.6 is 11.8 Å². The van der Waals surface area contributed by atoms with E-state index in [2.05, 4.69) is 10.2 Å². The number of aromatic nitrogens is 2. The predicted octanol–water partition coefficient (Wildman–Crippen LogP) is 3.60. The van der Waals surface area contributed by atoms with Crippen molar-refractivity contribution in [2.24, 2.45) is 0 Å². The Morgan fingerprint density at radius 3 is 2.52 bits per heavy atom. The SMILES string of the molecule is COc1ccc(C(=O)Sc2nnc(Cc3ccccc3)o2)cc1. The van der Waals surface area contributed by atoms with E-state index in [4.69, 9.17) is 9.15 Å². The molecule has 3 aromatic rings. The summed E-state index contributed by atoms with van der Waals surface area (Å²) in [6.45, 7) is 0. The van der Waals surface area contributed by atoms with Crippen molar-refractivity contribution < 1.29 is 13.9 Å². The molecular weight excluding hydrogens is 312 g/mol. The zero-order chi connectivity index (χ0) is 16.1. The standard InChI is InChI=1S/C17H14N2O3S/c1-21-14-9-7-13(8-10-14)16(20)23-17-19-18-15(22-17)11-12-5-3-2-4-6-12/h2-10H,11H2,1H3. The molecule has 0 radical (unpaired) electrons. The average molecular weight is 326 g/mol. The van der Waals surface area contributed by atoms with Crippen LogP contribution in [0.4, 0.5) is 0 Å². The van der Waals surface area contributed by atoms with Crippen molar-refractivity contribution in [2.75, 3.05) is 7.11 Å². The monoisotopic (exact) mass is 326 g/mol. The number of rotatable bonds is 5. The van der Waals surface area contributed by atoms with Crippen LogP contribution in [0.15, 0.2) is 64.2 Å². The van der Waals surface area contributed by atoms with Gasteiger partial charge in [-0.1, -0.05) is 30.3 Å². The molecule has 6 heteroatoms. The molecule has 2 aromatic carbocycles. The van der Waals surface area contributed by atoms with Gasteiger partial charge in [0.1, 0.15) is 5.75 Å². The van der Waals surface area contributed by atoms with Crippen molar-refractivity contribution in [3.05, 3.63) is 71.6 Å². The van der Waals surface area contributed by atoms with Crippen molar-refractivity contribution in [2.45, 2.75) is 11.6 Å². The summed E-state index contributed by atoms with van der Waals surface area (Å²) >= 11 is 0.922. The zero-order valence-electron chi connectivity index (χ0n) is 12.4. The van der Waals surface area contributed by atoms with Gasteiger partial charge in [-0.25, -0.2) is 0 Å². The summed E-state index contributed by atoms with van der Waals surface area (Å²) in [6, 6.07) is 16.7. The molecular formula is C17H14N2O3S. The molecule has 0 aliphatic heterocycles. The largest absolute Gasteiger partial charge is 0.497 e. The van der Waals surface area contributed by atoms with Gasteiger partial charge in [0.25, 0.3) is 5.22 Å². The summed E-state index contributed by atoms with van der Waals surface area (Å²) in [5, 5.41) is 7.98. The van der Waals surface area contributed by atoms with E-state index in [9.17, 15) is 4.79 Å². The number of thioether (sulfide) groups is 1. The van der Waals surface area contributed by atoms with Gasteiger partial charge >= 0.3 is 0 Å². The van der Waals surface area contributed by atoms with Crippen LogP contribution in [0.25, 0.3) is 0 Å². The second-order valence-corrected chi connectivity index (χ2v) is 5.67. The molecule has 0 N–H and O–H groups in total. The Bertz CT molecular complexity index is 785. The first kappa shape index (κ1) is 15.3. The molecule has 0 aliphatic carbocycles. The van der Waals surface area contributed by atoms with Crippen LogP contribution in [0.5, 0.6) is 5.75 Å². The van der Waals surface area contributed by atoms with Gasteiger partial charge in [-0.05, 0) is 29.8 Å². The number of carbonyl (C=O) groups is 1. The quantitative estimate of drug-likeness (QED) is 0.667. The summed E-state index contributed by atoms with van der Waals surface area (Å²) in [6.07, 6.45) is 0.547. The maximum Gasteiger partial charge on any atom is 0.284 e. The molecule has 3 rings (SSSR count). The van der Waals surface area contributed by atoms with Crippen LogP contribution in [0.2, 0.25) is 0 Å². The lowest BCUT2D eigenvalue weighted by atomic mass is 10.2. The van der Waals surface area contributed by atoms with E-state index in [1.54, 1.807) is 31.4 Å². The number of hydrogen-bond donors (Lipinski definition) is 0. The Labute approximate surface area is 137 Å². The molecule has 0 saturated carbocycles. The van der Waals surface area contributed by atoms with Crippen LogP contribution in [0.1, 0.15) is 21.8 Å². The van der Waals surface area contributed by atoms with Gasteiger partial charge in [0.05, 0.1) is 13.5 Å². The van der Waals surface area contributed by atoms with Gasteiger partial charge in [0, 0.05) is 17.3 Å². The summed E-state index contributed by atoms with van der Waals surface area (Å²) in [7, 11) is 1.58. The highest BCUT2D eigenvalue weighted by atomic mass is 32.2. The smallest absolute Gasteiger partial charge is 0.284 e. The molecule has 0 fully saturated rings. The zero-order valence-corrected chi connectivity index (χ0v) is 13.2. The van der Waals surface area contributed by atoms with Crippen molar-refractivity contribution >= 4 is 16.9 Å². The third-order valence-corrected chi connectivity index (χ3v) is 3.91. The van der Waals surface area contributed by atoms with Gasteiger partial charge in [-0.2, -0.15) is 0 Å². The molecule has 0 spiro atoms. The highest BCUT2D eigenvalue weighted by molar-refractivity contribution is 8.14. The van der Waals surface area contributed by atoms with Gasteiger partial charge in [-0.15, -0.1) is 10.2 Å². The van der Waals surface area contributed by atoms with E-state index in [-0.39, 0.29) is 10.3 Å². The van der Waals surface area contributed by atoms with E-state index >= 15 is 0 Å². The maximum atomic E-state index is 12.2. The second kappa shape index (κ2) is 7.11. The van der Waals surface area contributed by atoms with Crippen molar-refractivity contribution in [1.29, 1.82) is 0 Å². The lowest BCUT2D eigenvalue weighted by Crippen LogP contribution is -1.93. The minimum atomic E-state index is -0.150. The van der Waals surface area contributed by atoms with Gasteiger partial charge in [0.2, 0.25) is 11.0 Å². The normalized spacial score (nSPS) is 10.5. The van der Waals surface area contributed by atoms with E-state index in [1.165, 1.54) is 0 Å². The number of hydrogen-bond acceptors (Lipinski definition) is 6. The minimum absolute atomic E-state index is 0.150. The molecule has 0 aliphatic rings. The van der Waals surface area contributed by atoms with Gasteiger partial charge in [0.15, 0.2) is 0 Å². The lowest BCUT2D eigenvalue weighted by molar-refractivity contribution is 0.108. The molecule has 0 saturated heterocycles. The van der Waals surface area contributed by atoms with Crippen LogP contribution in [-0.2, 0) is 6.42 Å². The second-order valence-electron chi connectivity index (χ2n) is 4.74. The van der Waals surface area contributed by atoms with E-state index in [1.807, 2.05) is 30.3 Å². The van der Waals surface area contributed by atoms with Crippen LogP contribution in [0, 0.1) is 0 Å². The Hall–Kier alpha value is -2.60. The minimum Gasteiger partial charge on any atom is -0.497 e. The summed E-state index contributed by atoms with van der Waals surface area (Å²) < 4.78 is 10.6. The Morgan fingerprint density at radius 1 is 1.09 bits per heavy atom. The van der Waals surface area contributed by atoms with E-state index < -0.39 is 0 Å². The molecule has 1 aromatic heterocycles. The average Bonchev–Trinajstić information content (AvgIpc) is 3.02. The summed E-state index contributed by atoms with van der Waals surface area (Å²) in [4.78, 5) is 12.2. The van der Waals surface area contributed by atoms with Crippen molar-refractivity contribution in [3.63, 3.8) is 0 Å². The highest BCUT2D eigenvalue weighted by Gasteiger charge is 2.14. The molecule has 1 heterocycles. The Morgan fingerprint density at radius 2 is 1.83 bits per heavy atom. The molecule has 116 valence electrons. The summed E-state index contributed by atoms with van der Waals surface area (Å²) in [5.74, 6) is 1.19. The van der Waals surface area contributed by atoms with Crippen LogP contribution < -0.4 is 4.74 Å². The first-order chi connectivity index (χ1) is 11.2. The predicted molar refractivity (Wildman–Crippen MR) is 86.7 cm³/mol. The third kappa shape index (κ3) is 3.98. The molecule has 0 atom stereocenters. The fraction of sp³-hybridized carbons (Fsp3) is 0.118. The number of ether oxygens (including phenoxy) is 1. The van der Waals surface area contributed by atoms with E-state index in [0.717, 1.165) is 17.3 Å². The van der Waals surface area contributed by atoms with Crippen LogP contribution in [-0.4, -0.2) is 22.4 Å². The van der Waals surface area contributed by atoms with E-state index in [0.29, 0.717) is 23.6 Å². The topological polar surface area (TPSA) is 65.2 Å². The Kier molecular flexibility index (Phi) is 4.73. The first-order valence-electron chi connectivity index (χ1n) is 6.97. The van der Waals surface area contributed by atoms with Gasteiger partial charge in [-0.3, -0.25) is 4.79 Å². The fourth-order valence-electron chi connectivity index (χ4n) is 1.99. The number of carbonyl (C=O) groups excluding carboxylic acids is 1. The fourth-order valence-corrected chi connectivity index (χ4v) is 2.62. The highest BCUT2D eigenvalue weighted by Crippen LogP contribution is 2.23. The molecule has 0 amide bonds. The number of benzene rings is 2. The van der Waals surface area contributed by atoms with Gasteiger partial charge < -0.3 is 9.15 Å². The van der Waals surface area contributed by atoms with Crippen molar-refractivity contribution in [3.8, 4) is 5.75 Å². The molecule has 23 heavy (non-hydrogen) atoms. The first-order valence-corrected chi connectivity index (χ1v) is 7.79. The molecule has 0 bridgehead atoms.